The van der Waals surface area contributed by atoms with Crippen LogP contribution in [0.15, 0.2) is 78.9 Å². The quantitative estimate of drug-likeness (QED) is 0.307. The first-order valence-corrected chi connectivity index (χ1v) is 14.2. The molecule has 3 aromatic rings. The first-order chi connectivity index (χ1) is 18.0. The molecule has 0 radical (unpaired) electrons. The highest BCUT2D eigenvalue weighted by Crippen LogP contribution is 2.24. The number of amides is 2. The molecule has 0 aliphatic heterocycles. The molecule has 0 spiro atoms. The molecule has 1 aliphatic carbocycles. The van der Waals surface area contributed by atoms with Gasteiger partial charge in [0.15, 0.2) is 0 Å². The maximum Gasteiger partial charge on any atom is 0.243 e. The van der Waals surface area contributed by atoms with Crippen LogP contribution in [0.1, 0.15) is 42.4 Å². The van der Waals surface area contributed by atoms with Gasteiger partial charge in [-0.25, -0.2) is 4.39 Å². The zero-order chi connectivity index (χ0) is 26.0. The van der Waals surface area contributed by atoms with Crippen LogP contribution in [0.2, 0.25) is 5.02 Å². The number of carbonyl (C=O) groups excluding carboxylic acids is 2. The van der Waals surface area contributed by atoms with Crippen molar-refractivity contribution in [1.82, 2.24) is 10.2 Å². The van der Waals surface area contributed by atoms with Crippen LogP contribution < -0.4 is 5.32 Å². The monoisotopic (exact) mass is 538 g/mol. The summed E-state index contributed by atoms with van der Waals surface area (Å²) in [6.45, 7) is 0.217. The maximum absolute atomic E-state index is 14.1. The second-order valence-electron chi connectivity index (χ2n) is 9.39. The highest BCUT2D eigenvalue weighted by molar-refractivity contribution is 7.99. The SMILES string of the molecule is O=C(NC1CCCC1)[C@@H](Cc1ccccc1)N(Cc1ccccc1Cl)C(=O)CSCc1ccccc1F. The minimum atomic E-state index is -0.694. The van der Waals surface area contributed by atoms with E-state index in [-0.39, 0.29) is 36.0 Å². The summed E-state index contributed by atoms with van der Waals surface area (Å²) < 4.78 is 14.1. The molecular weight excluding hydrogens is 507 g/mol. The van der Waals surface area contributed by atoms with Crippen LogP contribution >= 0.6 is 23.4 Å². The third kappa shape index (κ3) is 7.83. The molecule has 7 heteroatoms. The molecule has 3 aromatic carbocycles. The van der Waals surface area contributed by atoms with Crippen LogP contribution in [-0.4, -0.2) is 34.6 Å². The molecule has 1 saturated carbocycles. The first kappa shape index (κ1) is 27.2. The molecule has 0 unspecified atom stereocenters. The molecule has 4 rings (SSSR count). The van der Waals surface area contributed by atoms with Crippen LogP contribution in [0.4, 0.5) is 4.39 Å². The predicted molar refractivity (Wildman–Crippen MR) is 149 cm³/mol. The van der Waals surface area contributed by atoms with E-state index in [2.05, 4.69) is 5.32 Å². The Morgan fingerprint density at radius 3 is 2.30 bits per heavy atom. The number of nitrogens with zero attached hydrogens (tertiary/aromatic N) is 1. The summed E-state index contributed by atoms with van der Waals surface area (Å²) in [5, 5.41) is 3.75. The lowest BCUT2D eigenvalue weighted by molar-refractivity contribution is -0.139. The van der Waals surface area contributed by atoms with E-state index in [0.717, 1.165) is 36.8 Å². The molecule has 0 heterocycles. The van der Waals surface area contributed by atoms with Crippen molar-refractivity contribution >= 4 is 35.2 Å². The Bertz CT molecular complexity index is 1190. The number of thioether (sulfide) groups is 1. The molecule has 2 amide bonds. The number of rotatable bonds is 11. The Hall–Kier alpha value is -2.83. The van der Waals surface area contributed by atoms with Crippen LogP contribution in [0.25, 0.3) is 0 Å². The van der Waals surface area contributed by atoms with Gasteiger partial charge in [0.2, 0.25) is 11.8 Å². The number of hydrogen-bond donors (Lipinski definition) is 1. The van der Waals surface area contributed by atoms with E-state index in [1.54, 1.807) is 29.2 Å². The Balaban J connectivity index is 1.58. The fourth-order valence-electron chi connectivity index (χ4n) is 4.68. The van der Waals surface area contributed by atoms with Crippen molar-refractivity contribution in [2.24, 2.45) is 0 Å². The Morgan fingerprint density at radius 2 is 1.59 bits per heavy atom. The van der Waals surface area contributed by atoms with Gasteiger partial charge in [-0.2, -0.15) is 0 Å². The Kier molecular flexibility index (Phi) is 10.0. The fraction of sp³-hybridized carbons (Fsp3) is 0.333. The normalized spacial score (nSPS) is 14.3. The second-order valence-corrected chi connectivity index (χ2v) is 10.8. The lowest BCUT2D eigenvalue weighted by atomic mass is 10.0. The standard InChI is InChI=1S/C30H32ClFN2O2S/c31-26-16-8-4-12-23(26)19-34(29(35)21-37-20-24-13-5-9-17-27(24)32)28(18-22-10-2-1-3-11-22)30(36)33-25-14-6-7-15-25/h1-5,8-13,16-17,25,28H,6-7,14-15,18-21H2,(H,33,36)/t28-/m1/s1. The topological polar surface area (TPSA) is 49.4 Å². The minimum Gasteiger partial charge on any atom is -0.352 e. The summed E-state index contributed by atoms with van der Waals surface area (Å²) in [7, 11) is 0. The highest BCUT2D eigenvalue weighted by atomic mass is 35.5. The van der Waals surface area contributed by atoms with E-state index < -0.39 is 6.04 Å². The molecule has 1 N–H and O–H groups in total. The second kappa shape index (κ2) is 13.6. The first-order valence-electron chi connectivity index (χ1n) is 12.7. The zero-order valence-electron chi connectivity index (χ0n) is 20.7. The number of benzene rings is 3. The van der Waals surface area contributed by atoms with E-state index in [1.165, 1.54) is 17.8 Å². The average molecular weight is 539 g/mol. The van der Waals surface area contributed by atoms with E-state index in [4.69, 9.17) is 11.6 Å². The molecule has 0 saturated heterocycles. The zero-order valence-corrected chi connectivity index (χ0v) is 22.3. The van der Waals surface area contributed by atoms with Crippen LogP contribution in [0.3, 0.4) is 0 Å². The maximum atomic E-state index is 14.1. The summed E-state index contributed by atoms with van der Waals surface area (Å²) in [4.78, 5) is 29.0. The Labute approximate surface area is 227 Å². The van der Waals surface area contributed by atoms with E-state index in [1.807, 2.05) is 48.5 Å². The van der Waals surface area contributed by atoms with Gasteiger partial charge in [-0.15, -0.1) is 11.8 Å². The predicted octanol–water partition coefficient (Wildman–Crippen LogP) is 6.41. The minimum absolute atomic E-state index is 0.126. The van der Waals surface area contributed by atoms with Gasteiger partial charge >= 0.3 is 0 Å². The van der Waals surface area contributed by atoms with Crippen molar-refractivity contribution in [1.29, 1.82) is 0 Å². The van der Waals surface area contributed by atoms with E-state index in [0.29, 0.717) is 22.8 Å². The van der Waals surface area contributed by atoms with Gasteiger partial charge in [0.1, 0.15) is 11.9 Å². The average Bonchev–Trinajstić information content (AvgIpc) is 3.42. The Morgan fingerprint density at radius 1 is 0.946 bits per heavy atom. The summed E-state index contributed by atoms with van der Waals surface area (Å²) in [5.74, 6) is -0.108. The lowest BCUT2D eigenvalue weighted by Gasteiger charge is -2.32. The molecular formula is C30H32ClFN2O2S. The fourth-order valence-corrected chi connectivity index (χ4v) is 5.77. The molecule has 1 fully saturated rings. The number of hydrogen-bond acceptors (Lipinski definition) is 3. The van der Waals surface area contributed by atoms with Gasteiger partial charge in [0, 0.05) is 29.8 Å². The lowest BCUT2D eigenvalue weighted by Crippen LogP contribution is -2.52. The molecule has 1 atom stereocenters. The van der Waals surface area contributed by atoms with Crippen molar-refractivity contribution < 1.29 is 14.0 Å². The third-order valence-corrected chi connectivity index (χ3v) is 8.05. The molecule has 0 aromatic heterocycles. The van der Waals surface area contributed by atoms with E-state index >= 15 is 0 Å². The summed E-state index contributed by atoms with van der Waals surface area (Å²) in [5.41, 5.74) is 2.31. The van der Waals surface area contributed by atoms with Crippen molar-refractivity contribution in [2.75, 3.05) is 5.75 Å². The molecule has 194 valence electrons. The smallest absolute Gasteiger partial charge is 0.243 e. The van der Waals surface area contributed by atoms with Gasteiger partial charge in [-0.05, 0) is 41.7 Å². The number of nitrogens with one attached hydrogen (secondary N) is 1. The van der Waals surface area contributed by atoms with Gasteiger partial charge in [0.05, 0.1) is 5.75 Å². The number of halogens is 2. The summed E-state index contributed by atoms with van der Waals surface area (Å²) >= 11 is 7.82. The van der Waals surface area contributed by atoms with Gasteiger partial charge in [0.25, 0.3) is 0 Å². The molecule has 0 bridgehead atoms. The molecule has 1 aliphatic rings. The van der Waals surface area contributed by atoms with E-state index in [9.17, 15) is 14.0 Å². The van der Waals surface area contributed by atoms with Gasteiger partial charge < -0.3 is 10.2 Å². The van der Waals surface area contributed by atoms with Crippen LogP contribution in [0.5, 0.6) is 0 Å². The summed E-state index contributed by atoms with van der Waals surface area (Å²) in [6, 6.07) is 23.2. The molecule has 37 heavy (non-hydrogen) atoms. The van der Waals surface area contributed by atoms with Crippen LogP contribution in [-0.2, 0) is 28.3 Å². The van der Waals surface area contributed by atoms with Gasteiger partial charge in [-0.1, -0.05) is 91.2 Å². The number of carbonyl (C=O) groups is 2. The summed E-state index contributed by atoms with van der Waals surface area (Å²) in [6.07, 6.45) is 4.52. The van der Waals surface area contributed by atoms with Crippen molar-refractivity contribution in [3.63, 3.8) is 0 Å². The van der Waals surface area contributed by atoms with Crippen molar-refractivity contribution in [2.45, 2.75) is 56.5 Å². The van der Waals surface area contributed by atoms with Crippen molar-refractivity contribution in [3.8, 4) is 0 Å². The largest absolute Gasteiger partial charge is 0.352 e. The van der Waals surface area contributed by atoms with Gasteiger partial charge in [-0.3, -0.25) is 9.59 Å². The molecule has 4 nitrogen and oxygen atoms in total. The van der Waals surface area contributed by atoms with Crippen LogP contribution in [0, 0.1) is 5.82 Å². The van der Waals surface area contributed by atoms with Crippen molar-refractivity contribution in [3.05, 3.63) is 106 Å². The third-order valence-electron chi connectivity index (χ3n) is 6.71. The highest BCUT2D eigenvalue weighted by Gasteiger charge is 2.32.